The molecule has 3 nitrogen and oxygen atoms in total. The van der Waals surface area contributed by atoms with E-state index in [9.17, 15) is 12.8 Å². The van der Waals surface area contributed by atoms with Crippen LogP contribution in [-0.4, -0.2) is 30.6 Å². The maximum absolute atomic E-state index is 13.4. The highest BCUT2D eigenvalue weighted by Crippen LogP contribution is 2.30. The van der Waals surface area contributed by atoms with Gasteiger partial charge in [-0.05, 0) is 55.9 Å². The molecule has 6 heteroatoms. The van der Waals surface area contributed by atoms with Gasteiger partial charge in [-0.2, -0.15) is 4.31 Å². The molecule has 1 fully saturated rings. The van der Waals surface area contributed by atoms with Crippen molar-refractivity contribution in [2.24, 2.45) is 5.92 Å². The number of piperidine rings is 1. The van der Waals surface area contributed by atoms with Crippen LogP contribution in [0, 0.1) is 25.6 Å². The fraction of sp³-hybridized carbons (Fsp3) is 0.600. The van der Waals surface area contributed by atoms with E-state index < -0.39 is 15.8 Å². The molecule has 0 saturated carbocycles. The highest BCUT2D eigenvalue weighted by Gasteiger charge is 2.32. The molecular weight excluding hydrogens is 357 g/mol. The summed E-state index contributed by atoms with van der Waals surface area (Å²) >= 11 is 3.57. The Balaban J connectivity index is 2.28. The number of nitrogens with zero attached hydrogens (tertiary/aromatic N) is 1. The van der Waals surface area contributed by atoms with Crippen LogP contribution in [0.5, 0.6) is 0 Å². The molecule has 1 aliphatic heterocycles. The van der Waals surface area contributed by atoms with Crippen molar-refractivity contribution < 1.29 is 12.8 Å². The highest BCUT2D eigenvalue weighted by molar-refractivity contribution is 9.09. The van der Waals surface area contributed by atoms with Gasteiger partial charge < -0.3 is 0 Å². The minimum atomic E-state index is -3.54. The molecular formula is C15H21BrFNO2S. The zero-order chi connectivity index (χ0) is 15.8. The third-order valence-corrected chi connectivity index (χ3v) is 7.12. The van der Waals surface area contributed by atoms with Crippen molar-refractivity contribution in [2.45, 2.75) is 43.3 Å². The SMILES string of the molecule is Cc1cc(F)cc(C)c1S(=O)(=O)N1CCC(C(C)Br)CC1. The van der Waals surface area contributed by atoms with Crippen LogP contribution >= 0.6 is 15.9 Å². The summed E-state index contributed by atoms with van der Waals surface area (Å²) in [5, 5.41) is 0. The van der Waals surface area contributed by atoms with Gasteiger partial charge in [-0.3, -0.25) is 0 Å². The second-order valence-corrected chi connectivity index (χ2v) is 9.11. The quantitative estimate of drug-likeness (QED) is 0.754. The summed E-state index contributed by atoms with van der Waals surface area (Å²) in [5.41, 5.74) is 0.951. The maximum Gasteiger partial charge on any atom is 0.243 e. The first-order valence-electron chi connectivity index (χ1n) is 7.14. The van der Waals surface area contributed by atoms with Crippen molar-refractivity contribution in [3.8, 4) is 0 Å². The van der Waals surface area contributed by atoms with Gasteiger partial charge in [0.05, 0.1) is 4.90 Å². The van der Waals surface area contributed by atoms with Gasteiger partial charge in [-0.1, -0.05) is 22.9 Å². The molecule has 21 heavy (non-hydrogen) atoms. The van der Waals surface area contributed by atoms with E-state index in [2.05, 4.69) is 22.9 Å². The molecule has 1 unspecified atom stereocenters. The second kappa shape index (κ2) is 6.34. The van der Waals surface area contributed by atoms with Crippen molar-refractivity contribution in [2.75, 3.05) is 13.1 Å². The van der Waals surface area contributed by atoms with E-state index in [1.165, 1.54) is 16.4 Å². The van der Waals surface area contributed by atoms with Crippen LogP contribution in [0.1, 0.15) is 30.9 Å². The van der Waals surface area contributed by atoms with Crippen LogP contribution in [0.2, 0.25) is 0 Å². The lowest BCUT2D eigenvalue weighted by molar-refractivity contribution is 0.274. The summed E-state index contributed by atoms with van der Waals surface area (Å²) in [6, 6.07) is 2.57. The number of hydrogen-bond donors (Lipinski definition) is 0. The number of rotatable bonds is 3. The molecule has 0 amide bonds. The van der Waals surface area contributed by atoms with Crippen molar-refractivity contribution >= 4 is 26.0 Å². The van der Waals surface area contributed by atoms with Gasteiger partial charge in [-0.15, -0.1) is 0 Å². The Kier molecular flexibility index (Phi) is 5.11. The standard InChI is InChI=1S/C15H21BrFNO2S/c1-10-8-14(17)9-11(2)15(10)21(19,20)18-6-4-13(5-7-18)12(3)16/h8-9,12-13H,4-7H2,1-3H3. The van der Waals surface area contributed by atoms with Crippen molar-refractivity contribution in [3.05, 3.63) is 29.1 Å². The lowest BCUT2D eigenvalue weighted by Crippen LogP contribution is -2.40. The minimum absolute atomic E-state index is 0.259. The number of halogens is 2. The number of alkyl halides is 1. The van der Waals surface area contributed by atoms with Crippen LogP contribution in [0.4, 0.5) is 4.39 Å². The molecule has 1 saturated heterocycles. The van der Waals surface area contributed by atoms with Gasteiger partial charge in [-0.25, -0.2) is 12.8 Å². The van der Waals surface area contributed by atoms with Crippen LogP contribution in [0.25, 0.3) is 0 Å². The van der Waals surface area contributed by atoms with Crippen LogP contribution < -0.4 is 0 Å². The third-order valence-electron chi connectivity index (χ3n) is 4.17. The molecule has 0 aromatic heterocycles. The molecule has 0 bridgehead atoms. The Hall–Kier alpha value is -0.460. The largest absolute Gasteiger partial charge is 0.243 e. The number of hydrogen-bond acceptors (Lipinski definition) is 2. The molecule has 1 aromatic rings. The van der Waals surface area contributed by atoms with Crippen LogP contribution in [0.3, 0.4) is 0 Å². The molecule has 1 aliphatic rings. The summed E-state index contributed by atoms with van der Waals surface area (Å²) in [7, 11) is -3.54. The summed E-state index contributed by atoms with van der Waals surface area (Å²) < 4.78 is 40.5. The predicted octanol–water partition coefficient (Wildman–Crippen LogP) is 3.63. The average molecular weight is 378 g/mol. The second-order valence-electron chi connectivity index (χ2n) is 5.79. The van der Waals surface area contributed by atoms with E-state index >= 15 is 0 Å². The molecule has 0 aliphatic carbocycles. The fourth-order valence-corrected chi connectivity index (χ4v) is 5.42. The van der Waals surface area contributed by atoms with Crippen molar-refractivity contribution in [3.63, 3.8) is 0 Å². The Morgan fingerprint density at radius 1 is 1.24 bits per heavy atom. The summed E-state index contributed by atoms with van der Waals surface area (Å²) in [6.07, 6.45) is 1.70. The normalized spacial score (nSPS) is 19.7. The Labute approximate surface area is 134 Å². The lowest BCUT2D eigenvalue weighted by Gasteiger charge is -2.33. The number of benzene rings is 1. The lowest BCUT2D eigenvalue weighted by atomic mass is 9.96. The van der Waals surface area contributed by atoms with E-state index in [0.29, 0.717) is 35.0 Å². The Morgan fingerprint density at radius 2 is 1.71 bits per heavy atom. The maximum atomic E-state index is 13.4. The number of aryl methyl sites for hydroxylation is 2. The van der Waals surface area contributed by atoms with E-state index in [1.54, 1.807) is 13.8 Å². The van der Waals surface area contributed by atoms with Gasteiger partial charge >= 0.3 is 0 Å². The zero-order valence-corrected chi connectivity index (χ0v) is 15.0. The van der Waals surface area contributed by atoms with Gasteiger partial charge in [0.15, 0.2) is 0 Å². The summed E-state index contributed by atoms with van der Waals surface area (Å²) in [4.78, 5) is 0.658. The van der Waals surface area contributed by atoms with E-state index in [0.717, 1.165) is 12.8 Å². The highest BCUT2D eigenvalue weighted by atomic mass is 79.9. The third kappa shape index (κ3) is 3.48. The fourth-order valence-electron chi connectivity index (χ4n) is 3.01. The molecule has 0 radical (unpaired) electrons. The van der Waals surface area contributed by atoms with Gasteiger partial charge in [0, 0.05) is 17.9 Å². The Bertz CT molecular complexity index is 600. The zero-order valence-electron chi connectivity index (χ0n) is 12.6. The minimum Gasteiger partial charge on any atom is -0.207 e. The van der Waals surface area contributed by atoms with Crippen LogP contribution in [0.15, 0.2) is 17.0 Å². The van der Waals surface area contributed by atoms with Gasteiger partial charge in [0.2, 0.25) is 10.0 Å². The first kappa shape index (κ1) is 16.9. The van der Waals surface area contributed by atoms with Gasteiger partial charge in [0.25, 0.3) is 0 Å². The van der Waals surface area contributed by atoms with Crippen molar-refractivity contribution in [1.82, 2.24) is 4.31 Å². The topological polar surface area (TPSA) is 37.4 Å². The monoisotopic (exact) mass is 377 g/mol. The van der Waals surface area contributed by atoms with Crippen LogP contribution in [-0.2, 0) is 10.0 Å². The average Bonchev–Trinajstić information content (AvgIpc) is 2.37. The Morgan fingerprint density at radius 3 is 2.14 bits per heavy atom. The molecule has 1 aromatic carbocycles. The molecule has 0 N–H and O–H groups in total. The molecule has 0 spiro atoms. The number of sulfonamides is 1. The first-order valence-corrected chi connectivity index (χ1v) is 9.50. The first-order chi connectivity index (χ1) is 9.73. The summed E-state index contributed by atoms with van der Waals surface area (Å²) in [6.45, 7) is 6.45. The molecule has 1 atom stereocenters. The predicted molar refractivity (Wildman–Crippen MR) is 85.7 cm³/mol. The molecule has 1 heterocycles. The van der Waals surface area contributed by atoms with E-state index in [-0.39, 0.29) is 4.90 Å². The van der Waals surface area contributed by atoms with E-state index in [4.69, 9.17) is 0 Å². The van der Waals surface area contributed by atoms with Crippen molar-refractivity contribution in [1.29, 1.82) is 0 Å². The molecule has 118 valence electrons. The summed E-state index contributed by atoms with van der Waals surface area (Å²) in [5.74, 6) is 0.114. The van der Waals surface area contributed by atoms with E-state index in [1.807, 2.05) is 0 Å². The van der Waals surface area contributed by atoms with Gasteiger partial charge in [0.1, 0.15) is 5.82 Å². The smallest absolute Gasteiger partial charge is 0.207 e. The molecule has 2 rings (SSSR count).